The summed E-state index contributed by atoms with van der Waals surface area (Å²) in [5.41, 5.74) is 10.8. The van der Waals surface area contributed by atoms with Crippen LogP contribution in [0.15, 0.2) is 12.1 Å². The first-order valence-corrected chi connectivity index (χ1v) is 5.62. The Morgan fingerprint density at radius 3 is 2.25 bits per heavy atom. The second-order valence-corrected chi connectivity index (χ2v) is 4.41. The van der Waals surface area contributed by atoms with Gasteiger partial charge < -0.3 is 16.2 Å². The van der Waals surface area contributed by atoms with E-state index in [1.165, 1.54) is 22.3 Å². The Balaban J connectivity index is 3.15. The molecule has 90 valence electrons. The third-order valence-electron chi connectivity index (χ3n) is 3.17. The minimum Gasteiger partial charge on any atom is -0.395 e. The maximum Gasteiger partial charge on any atom is 0.0601 e. The number of benzene rings is 1. The summed E-state index contributed by atoms with van der Waals surface area (Å²) in [6, 6.07) is 4.05. The third kappa shape index (κ3) is 2.61. The standard InChI is InChI=1S/C13H22N2O/c1-8-5-10(3)11(6-9(8)2)13(15-4)12(14)7-16/h5-6,12-13,15-16H,7,14H2,1-4H3. The largest absolute Gasteiger partial charge is 0.395 e. The number of hydrogen-bond acceptors (Lipinski definition) is 3. The lowest BCUT2D eigenvalue weighted by atomic mass is 9.92. The first kappa shape index (κ1) is 13.2. The fourth-order valence-corrected chi connectivity index (χ4v) is 2.02. The number of hydrogen-bond donors (Lipinski definition) is 3. The molecule has 0 amide bonds. The number of nitrogens with one attached hydrogen (secondary N) is 1. The van der Waals surface area contributed by atoms with Crippen molar-refractivity contribution >= 4 is 0 Å². The Hall–Kier alpha value is -0.900. The molecule has 3 nitrogen and oxygen atoms in total. The molecule has 0 aliphatic heterocycles. The summed E-state index contributed by atoms with van der Waals surface area (Å²) in [5.74, 6) is 0. The first-order chi connectivity index (χ1) is 7.51. The van der Waals surface area contributed by atoms with Gasteiger partial charge in [-0.2, -0.15) is 0 Å². The second kappa shape index (κ2) is 5.43. The molecule has 0 aromatic heterocycles. The van der Waals surface area contributed by atoms with Gasteiger partial charge in [-0.1, -0.05) is 12.1 Å². The van der Waals surface area contributed by atoms with Crippen molar-refractivity contribution in [2.24, 2.45) is 5.73 Å². The quantitative estimate of drug-likeness (QED) is 0.717. The molecule has 16 heavy (non-hydrogen) atoms. The van der Waals surface area contributed by atoms with Crippen LogP contribution < -0.4 is 11.1 Å². The van der Waals surface area contributed by atoms with Crippen molar-refractivity contribution < 1.29 is 5.11 Å². The summed E-state index contributed by atoms with van der Waals surface area (Å²) in [7, 11) is 1.87. The Bertz CT molecular complexity index is 363. The third-order valence-corrected chi connectivity index (χ3v) is 3.17. The van der Waals surface area contributed by atoms with Crippen LogP contribution in [0.5, 0.6) is 0 Å². The molecule has 0 fully saturated rings. The van der Waals surface area contributed by atoms with E-state index in [9.17, 15) is 0 Å². The molecule has 0 bridgehead atoms. The number of nitrogens with two attached hydrogens (primary N) is 1. The highest BCUT2D eigenvalue weighted by Gasteiger charge is 2.19. The summed E-state index contributed by atoms with van der Waals surface area (Å²) in [5, 5.41) is 12.3. The van der Waals surface area contributed by atoms with Gasteiger partial charge in [-0.05, 0) is 50.1 Å². The van der Waals surface area contributed by atoms with Crippen molar-refractivity contribution in [1.82, 2.24) is 5.32 Å². The van der Waals surface area contributed by atoms with Crippen LogP contribution in [0.1, 0.15) is 28.3 Å². The van der Waals surface area contributed by atoms with E-state index < -0.39 is 0 Å². The number of aliphatic hydroxyl groups is 1. The lowest BCUT2D eigenvalue weighted by Crippen LogP contribution is -2.39. The first-order valence-electron chi connectivity index (χ1n) is 5.62. The van der Waals surface area contributed by atoms with Crippen molar-refractivity contribution in [3.8, 4) is 0 Å². The van der Waals surface area contributed by atoms with Gasteiger partial charge >= 0.3 is 0 Å². The van der Waals surface area contributed by atoms with Crippen LogP contribution >= 0.6 is 0 Å². The highest BCUT2D eigenvalue weighted by Crippen LogP contribution is 2.23. The van der Waals surface area contributed by atoms with Gasteiger partial charge in [-0.15, -0.1) is 0 Å². The predicted octanol–water partition coefficient (Wildman–Crippen LogP) is 1.19. The summed E-state index contributed by atoms with van der Waals surface area (Å²) < 4.78 is 0. The molecule has 3 heteroatoms. The van der Waals surface area contributed by atoms with Crippen LogP contribution in [-0.4, -0.2) is 24.8 Å². The highest BCUT2D eigenvalue weighted by atomic mass is 16.3. The average Bonchev–Trinajstić information content (AvgIpc) is 2.26. The zero-order valence-electron chi connectivity index (χ0n) is 10.5. The number of aryl methyl sites for hydroxylation is 3. The molecule has 2 atom stereocenters. The molecule has 1 aromatic rings. The summed E-state index contributed by atoms with van der Waals surface area (Å²) in [6.07, 6.45) is 0. The highest BCUT2D eigenvalue weighted by molar-refractivity contribution is 5.38. The van der Waals surface area contributed by atoms with E-state index in [-0.39, 0.29) is 18.7 Å². The summed E-state index contributed by atoms with van der Waals surface area (Å²) >= 11 is 0. The van der Waals surface area contributed by atoms with E-state index in [1.807, 2.05) is 7.05 Å². The molecule has 4 N–H and O–H groups in total. The molecule has 0 saturated carbocycles. The van der Waals surface area contributed by atoms with E-state index >= 15 is 0 Å². The van der Waals surface area contributed by atoms with E-state index in [2.05, 4.69) is 38.2 Å². The van der Waals surface area contributed by atoms with E-state index in [0.29, 0.717) is 0 Å². The number of aliphatic hydroxyl groups excluding tert-OH is 1. The van der Waals surface area contributed by atoms with Gasteiger partial charge in [-0.25, -0.2) is 0 Å². The molecule has 0 spiro atoms. The van der Waals surface area contributed by atoms with Gasteiger partial charge in [-0.3, -0.25) is 0 Å². The monoisotopic (exact) mass is 222 g/mol. The maximum absolute atomic E-state index is 9.15. The van der Waals surface area contributed by atoms with E-state index in [0.717, 1.165) is 0 Å². The fourth-order valence-electron chi connectivity index (χ4n) is 2.02. The van der Waals surface area contributed by atoms with Crippen LogP contribution in [0.4, 0.5) is 0 Å². The Morgan fingerprint density at radius 1 is 1.19 bits per heavy atom. The molecule has 0 heterocycles. The molecule has 0 saturated heterocycles. The molecule has 2 unspecified atom stereocenters. The zero-order valence-corrected chi connectivity index (χ0v) is 10.5. The summed E-state index contributed by atoms with van der Waals surface area (Å²) in [4.78, 5) is 0. The molecule has 0 aliphatic rings. The Kier molecular flexibility index (Phi) is 4.47. The number of rotatable bonds is 4. The fraction of sp³-hybridized carbons (Fsp3) is 0.538. The van der Waals surface area contributed by atoms with Crippen molar-refractivity contribution in [2.75, 3.05) is 13.7 Å². The minimum atomic E-state index is -0.272. The lowest BCUT2D eigenvalue weighted by Gasteiger charge is -2.24. The van der Waals surface area contributed by atoms with Crippen molar-refractivity contribution in [3.63, 3.8) is 0 Å². The topological polar surface area (TPSA) is 58.3 Å². The van der Waals surface area contributed by atoms with Gasteiger partial charge in [0.15, 0.2) is 0 Å². The smallest absolute Gasteiger partial charge is 0.0601 e. The Labute approximate surface area is 97.7 Å². The van der Waals surface area contributed by atoms with Crippen LogP contribution in [0.2, 0.25) is 0 Å². The summed E-state index contributed by atoms with van der Waals surface area (Å²) in [6.45, 7) is 6.26. The second-order valence-electron chi connectivity index (χ2n) is 4.41. The predicted molar refractivity (Wildman–Crippen MR) is 67.5 cm³/mol. The minimum absolute atomic E-state index is 0.00398. The van der Waals surface area contributed by atoms with Crippen LogP contribution in [-0.2, 0) is 0 Å². The van der Waals surface area contributed by atoms with Crippen LogP contribution in [0, 0.1) is 20.8 Å². The molecule has 1 aromatic carbocycles. The van der Waals surface area contributed by atoms with Crippen molar-refractivity contribution in [2.45, 2.75) is 32.9 Å². The van der Waals surface area contributed by atoms with E-state index in [4.69, 9.17) is 10.8 Å². The molecule has 1 rings (SSSR count). The molecular weight excluding hydrogens is 200 g/mol. The van der Waals surface area contributed by atoms with Crippen LogP contribution in [0.25, 0.3) is 0 Å². The van der Waals surface area contributed by atoms with Crippen molar-refractivity contribution in [3.05, 3.63) is 34.4 Å². The lowest BCUT2D eigenvalue weighted by molar-refractivity contribution is 0.240. The van der Waals surface area contributed by atoms with Gasteiger partial charge in [0.1, 0.15) is 0 Å². The van der Waals surface area contributed by atoms with E-state index in [1.54, 1.807) is 0 Å². The normalized spacial score (nSPS) is 14.9. The average molecular weight is 222 g/mol. The van der Waals surface area contributed by atoms with Gasteiger partial charge in [0, 0.05) is 12.1 Å². The van der Waals surface area contributed by atoms with Gasteiger partial charge in [0.2, 0.25) is 0 Å². The van der Waals surface area contributed by atoms with Gasteiger partial charge in [0.25, 0.3) is 0 Å². The van der Waals surface area contributed by atoms with Gasteiger partial charge in [0.05, 0.1) is 6.61 Å². The SMILES string of the molecule is CNC(c1cc(C)c(C)cc1C)C(N)CO. The molecular formula is C13H22N2O. The number of likely N-dealkylation sites (N-methyl/N-ethyl adjacent to an activating group) is 1. The van der Waals surface area contributed by atoms with Crippen LogP contribution in [0.3, 0.4) is 0 Å². The Morgan fingerprint density at radius 2 is 1.75 bits per heavy atom. The zero-order chi connectivity index (χ0) is 12.3. The molecule has 0 aliphatic carbocycles. The molecule has 0 radical (unpaired) electrons. The van der Waals surface area contributed by atoms with Crippen molar-refractivity contribution in [1.29, 1.82) is 0 Å². The maximum atomic E-state index is 9.15.